The SMILES string of the molecule is CCC(CCCCOc1cc(CCCOC)cc(CN(C(=O)[C@H]2CNCC[C@@H]2c2ccc(OCCOc3c(Cl)cc(C)cc3Cl)cc2)C2CC2)c1)C(=O)O. The fourth-order valence-electron chi connectivity index (χ4n) is 7.29. The summed E-state index contributed by atoms with van der Waals surface area (Å²) in [5.74, 6) is 1.06. The zero-order chi connectivity index (χ0) is 38.5. The van der Waals surface area contributed by atoms with Gasteiger partial charge in [0.1, 0.15) is 24.7 Å². The van der Waals surface area contributed by atoms with Crippen molar-refractivity contribution >= 4 is 35.1 Å². The molecule has 11 heteroatoms. The van der Waals surface area contributed by atoms with Crippen LogP contribution < -0.4 is 19.5 Å². The summed E-state index contributed by atoms with van der Waals surface area (Å²) in [6, 6.07) is 18.3. The minimum Gasteiger partial charge on any atom is -0.494 e. The predicted molar refractivity (Wildman–Crippen MR) is 213 cm³/mol. The number of amides is 1. The Bertz CT molecular complexity index is 1640. The number of aliphatic carboxylic acids is 1. The van der Waals surface area contributed by atoms with E-state index in [1.807, 2.05) is 38.1 Å². The van der Waals surface area contributed by atoms with E-state index >= 15 is 0 Å². The van der Waals surface area contributed by atoms with Gasteiger partial charge in [0.05, 0.1) is 28.5 Å². The molecular formula is C43H56Cl2N2O7. The van der Waals surface area contributed by atoms with Crippen LogP contribution in [0.4, 0.5) is 0 Å². The first kappa shape index (κ1) is 41.7. The normalized spacial score (nSPS) is 17.5. The summed E-state index contributed by atoms with van der Waals surface area (Å²) in [5.41, 5.74) is 4.33. The maximum Gasteiger partial charge on any atom is 0.306 e. The highest BCUT2D eigenvalue weighted by molar-refractivity contribution is 6.37. The first-order chi connectivity index (χ1) is 26.2. The number of methoxy groups -OCH3 is 1. The Balaban J connectivity index is 1.21. The molecular weight excluding hydrogens is 727 g/mol. The third-order valence-corrected chi connectivity index (χ3v) is 10.9. The number of carboxylic acids is 1. The van der Waals surface area contributed by atoms with Crippen molar-refractivity contribution in [3.8, 4) is 17.2 Å². The number of carboxylic acid groups (broad SMARTS) is 1. The second-order valence-electron chi connectivity index (χ2n) is 14.6. The molecule has 1 aliphatic heterocycles. The summed E-state index contributed by atoms with van der Waals surface area (Å²) in [6.45, 7) is 7.69. The summed E-state index contributed by atoms with van der Waals surface area (Å²) in [6.07, 6.45) is 7.53. The fraction of sp³-hybridized carbons (Fsp3) is 0.535. The molecule has 1 saturated heterocycles. The van der Waals surface area contributed by atoms with E-state index in [1.165, 1.54) is 0 Å². The number of rotatable bonds is 22. The number of piperidine rings is 1. The lowest BCUT2D eigenvalue weighted by molar-refractivity contribution is -0.142. The van der Waals surface area contributed by atoms with E-state index in [-0.39, 0.29) is 29.7 Å². The molecule has 1 heterocycles. The number of ether oxygens (including phenoxy) is 4. The van der Waals surface area contributed by atoms with Gasteiger partial charge in [-0.15, -0.1) is 0 Å². The lowest BCUT2D eigenvalue weighted by atomic mass is 9.80. The number of carbonyl (C=O) groups excluding carboxylic acids is 1. The van der Waals surface area contributed by atoms with Gasteiger partial charge in [0.15, 0.2) is 5.75 Å². The van der Waals surface area contributed by atoms with E-state index in [0.717, 1.165) is 85.2 Å². The maximum atomic E-state index is 14.5. The molecule has 0 radical (unpaired) electrons. The van der Waals surface area contributed by atoms with Crippen LogP contribution >= 0.6 is 23.2 Å². The number of benzene rings is 3. The van der Waals surface area contributed by atoms with Gasteiger partial charge in [-0.25, -0.2) is 0 Å². The standard InChI is InChI=1S/C43H56Cl2N2O7/c1-4-32(43(49)50)9-5-6-19-52-36-25-30(8-7-18-51-3)24-31(26-36)28-47(34-12-13-34)42(48)38-27-46-17-16-37(38)33-10-14-35(15-11-33)53-20-21-54-41-39(44)22-29(2)23-40(41)45/h10-11,14-15,22-26,32,34,37-38,46H,4-9,12-13,16-21,27-28H2,1-3H3,(H,49,50)/t32?,37-,38+/m1/s1. The second kappa shape index (κ2) is 21.0. The first-order valence-electron chi connectivity index (χ1n) is 19.5. The van der Waals surface area contributed by atoms with Crippen LogP contribution in [0.15, 0.2) is 54.6 Å². The Hall–Kier alpha value is -3.50. The largest absolute Gasteiger partial charge is 0.494 e. The monoisotopic (exact) mass is 782 g/mol. The van der Waals surface area contributed by atoms with E-state index in [4.69, 9.17) is 42.1 Å². The second-order valence-corrected chi connectivity index (χ2v) is 15.4. The zero-order valence-corrected chi connectivity index (χ0v) is 33.4. The number of aryl methyl sites for hydroxylation is 2. The molecule has 54 heavy (non-hydrogen) atoms. The number of carbonyl (C=O) groups is 2. The molecule has 9 nitrogen and oxygen atoms in total. The number of nitrogens with one attached hydrogen (secondary N) is 1. The quantitative estimate of drug-likeness (QED) is 0.0975. The molecule has 1 saturated carbocycles. The summed E-state index contributed by atoms with van der Waals surface area (Å²) in [7, 11) is 1.71. The molecule has 0 aromatic heterocycles. The average Bonchev–Trinajstić information content (AvgIpc) is 4.00. The predicted octanol–water partition coefficient (Wildman–Crippen LogP) is 8.88. The van der Waals surface area contributed by atoms with Crippen LogP contribution in [-0.2, 0) is 27.3 Å². The van der Waals surface area contributed by atoms with Crippen molar-refractivity contribution in [3.05, 3.63) is 86.9 Å². The van der Waals surface area contributed by atoms with Gasteiger partial charge in [0.2, 0.25) is 5.91 Å². The average molecular weight is 784 g/mol. The van der Waals surface area contributed by atoms with Crippen LogP contribution in [0, 0.1) is 18.8 Å². The molecule has 3 aromatic rings. The van der Waals surface area contributed by atoms with Crippen LogP contribution in [-0.4, -0.2) is 74.6 Å². The van der Waals surface area contributed by atoms with Gasteiger partial charge in [-0.2, -0.15) is 0 Å². The van der Waals surface area contributed by atoms with Crippen molar-refractivity contribution in [1.82, 2.24) is 10.2 Å². The highest BCUT2D eigenvalue weighted by Gasteiger charge is 2.40. The van der Waals surface area contributed by atoms with Crippen LogP contribution in [0.1, 0.15) is 86.5 Å². The Morgan fingerprint density at radius 2 is 1.57 bits per heavy atom. The summed E-state index contributed by atoms with van der Waals surface area (Å²) in [4.78, 5) is 28.0. The molecule has 5 rings (SSSR count). The topological polar surface area (TPSA) is 107 Å². The van der Waals surface area contributed by atoms with Crippen molar-refractivity contribution < 1.29 is 33.6 Å². The van der Waals surface area contributed by atoms with Gasteiger partial charge in [0.25, 0.3) is 0 Å². The lowest BCUT2D eigenvalue weighted by Gasteiger charge is -2.36. The minimum absolute atomic E-state index is 0.0934. The summed E-state index contributed by atoms with van der Waals surface area (Å²) >= 11 is 12.6. The number of hydrogen-bond acceptors (Lipinski definition) is 7. The minimum atomic E-state index is -0.727. The van der Waals surface area contributed by atoms with Gasteiger partial charge in [-0.05, 0) is 136 Å². The van der Waals surface area contributed by atoms with Crippen molar-refractivity contribution in [2.24, 2.45) is 11.8 Å². The van der Waals surface area contributed by atoms with Gasteiger partial charge < -0.3 is 34.3 Å². The summed E-state index contributed by atoms with van der Waals surface area (Å²) < 4.78 is 23.3. The van der Waals surface area contributed by atoms with Crippen LogP contribution in [0.25, 0.3) is 0 Å². The third kappa shape index (κ3) is 12.3. The Labute approximate surface area is 330 Å². The Kier molecular flexibility index (Phi) is 16.2. The fourth-order valence-corrected chi connectivity index (χ4v) is 8.00. The molecule has 3 atom stereocenters. The van der Waals surface area contributed by atoms with Crippen LogP contribution in [0.2, 0.25) is 10.0 Å². The molecule has 1 amide bonds. The maximum absolute atomic E-state index is 14.5. The van der Waals surface area contributed by atoms with Gasteiger partial charge >= 0.3 is 5.97 Å². The lowest BCUT2D eigenvalue weighted by Crippen LogP contribution is -2.47. The van der Waals surface area contributed by atoms with E-state index < -0.39 is 5.97 Å². The number of unbranched alkanes of at least 4 members (excludes halogenated alkanes) is 1. The van der Waals surface area contributed by atoms with Crippen molar-refractivity contribution in [2.45, 2.75) is 90.1 Å². The van der Waals surface area contributed by atoms with E-state index in [0.29, 0.717) is 68.2 Å². The third-order valence-electron chi connectivity index (χ3n) is 10.4. The van der Waals surface area contributed by atoms with E-state index in [1.54, 1.807) is 7.11 Å². The van der Waals surface area contributed by atoms with E-state index in [2.05, 4.69) is 40.5 Å². The zero-order valence-electron chi connectivity index (χ0n) is 31.9. The smallest absolute Gasteiger partial charge is 0.306 e. The number of hydrogen-bond donors (Lipinski definition) is 2. The molecule has 2 aliphatic rings. The molecule has 0 bridgehead atoms. The van der Waals surface area contributed by atoms with Gasteiger partial charge in [0, 0.05) is 32.8 Å². The highest BCUT2D eigenvalue weighted by Crippen LogP contribution is 2.37. The first-order valence-corrected chi connectivity index (χ1v) is 20.2. The Morgan fingerprint density at radius 3 is 2.26 bits per heavy atom. The summed E-state index contributed by atoms with van der Waals surface area (Å²) in [5, 5.41) is 13.8. The van der Waals surface area contributed by atoms with Gasteiger partial charge in [-0.1, -0.05) is 48.3 Å². The molecule has 1 unspecified atom stereocenters. The number of nitrogens with zero attached hydrogens (tertiary/aromatic N) is 1. The molecule has 3 aromatic carbocycles. The van der Waals surface area contributed by atoms with Crippen molar-refractivity contribution in [1.29, 1.82) is 0 Å². The van der Waals surface area contributed by atoms with E-state index in [9.17, 15) is 14.7 Å². The van der Waals surface area contributed by atoms with Crippen molar-refractivity contribution in [2.75, 3.05) is 46.6 Å². The van der Waals surface area contributed by atoms with Crippen LogP contribution in [0.3, 0.4) is 0 Å². The molecule has 2 N–H and O–H groups in total. The molecule has 294 valence electrons. The van der Waals surface area contributed by atoms with Crippen LogP contribution in [0.5, 0.6) is 17.2 Å². The molecule has 1 aliphatic carbocycles. The molecule has 0 spiro atoms. The van der Waals surface area contributed by atoms with Gasteiger partial charge in [-0.3, -0.25) is 9.59 Å². The number of halogens is 2. The highest BCUT2D eigenvalue weighted by atomic mass is 35.5. The Morgan fingerprint density at radius 1 is 0.870 bits per heavy atom. The molecule has 2 fully saturated rings. The van der Waals surface area contributed by atoms with Crippen molar-refractivity contribution in [3.63, 3.8) is 0 Å².